The van der Waals surface area contributed by atoms with Crippen LogP contribution in [-0.4, -0.2) is 30.5 Å². The summed E-state index contributed by atoms with van der Waals surface area (Å²) in [6.07, 6.45) is 6.85. The SMILES string of the molecule is Cn1cc([C@@H](NC(=O)c2ccc3cnc(Nc4ccnn4C)cc3c2)c2ccc(Cl)c(F)c2)cn1. The molecule has 0 unspecified atom stereocenters. The highest BCUT2D eigenvalue weighted by molar-refractivity contribution is 6.30. The first-order chi connectivity index (χ1) is 16.9. The molecule has 2 N–H and O–H groups in total. The molecule has 0 bridgehead atoms. The number of rotatable bonds is 6. The fourth-order valence-corrected chi connectivity index (χ4v) is 3.95. The minimum Gasteiger partial charge on any atom is -0.341 e. The largest absolute Gasteiger partial charge is 0.341 e. The second-order valence-corrected chi connectivity index (χ2v) is 8.53. The minimum absolute atomic E-state index is 0.0173. The van der Waals surface area contributed by atoms with Gasteiger partial charge in [0.1, 0.15) is 17.5 Å². The first kappa shape index (κ1) is 22.5. The van der Waals surface area contributed by atoms with Crippen LogP contribution in [0, 0.1) is 5.82 Å². The molecule has 5 aromatic rings. The fourth-order valence-electron chi connectivity index (χ4n) is 3.83. The van der Waals surface area contributed by atoms with E-state index in [1.165, 1.54) is 12.1 Å². The maximum atomic E-state index is 14.2. The summed E-state index contributed by atoms with van der Waals surface area (Å²) in [4.78, 5) is 17.7. The lowest BCUT2D eigenvalue weighted by Crippen LogP contribution is -2.29. The molecule has 2 aromatic carbocycles. The third-order valence-corrected chi connectivity index (χ3v) is 5.98. The van der Waals surface area contributed by atoms with Crippen LogP contribution in [0.15, 0.2) is 73.3 Å². The second kappa shape index (κ2) is 9.19. The van der Waals surface area contributed by atoms with Gasteiger partial charge in [0.25, 0.3) is 5.91 Å². The van der Waals surface area contributed by atoms with Crippen LogP contribution in [-0.2, 0) is 14.1 Å². The normalized spacial score (nSPS) is 12.0. The number of halogens is 2. The van der Waals surface area contributed by atoms with E-state index in [2.05, 4.69) is 25.8 Å². The summed E-state index contributed by atoms with van der Waals surface area (Å²) in [5.41, 5.74) is 1.73. The number of pyridine rings is 1. The van der Waals surface area contributed by atoms with E-state index < -0.39 is 11.9 Å². The Labute approximate surface area is 205 Å². The lowest BCUT2D eigenvalue weighted by Gasteiger charge is -2.19. The minimum atomic E-state index is -0.613. The number of benzene rings is 2. The van der Waals surface area contributed by atoms with Gasteiger partial charge in [0.15, 0.2) is 0 Å². The Morgan fingerprint density at radius 1 is 1.00 bits per heavy atom. The molecular weight excluding hydrogens is 469 g/mol. The summed E-state index contributed by atoms with van der Waals surface area (Å²) in [5.74, 6) is 0.553. The number of carbonyl (C=O) groups excluding carboxylic acids is 1. The van der Waals surface area contributed by atoms with Crippen molar-refractivity contribution in [3.05, 3.63) is 101 Å². The standard InChI is InChI=1S/C25H21ClFN7O/c1-33-14-19(13-30-33)24(15-5-6-20(26)21(27)10-15)32-25(35)16-3-4-17-12-28-22(11-18(17)9-16)31-23-7-8-29-34(23)2/h3-14,24H,1-2H3,(H,28,31)(H,32,35)/t24-/m0/s1. The summed E-state index contributed by atoms with van der Waals surface area (Å²) in [6, 6.07) is 12.9. The number of hydrogen-bond donors (Lipinski definition) is 2. The summed E-state index contributed by atoms with van der Waals surface area (Å²) in [7, 11) is 3.61. The van der Waals surface area contributed by atoms with Gasteiger partial charge in [-0.15, -0.1) is 0 Å². The van der Waals surface area contributed by atoms with Crippen molar-refractivity contribution in [2.24, 2.45) is 14.1 Å². The van der Waals surface area contributed by atoms with E-state index in [1.807, 2.05) is 25.2 Å². The maximum absolute atomic E-state index is 14.2. The smallest absolute Gasteiger partial charge is 0.252 e. The lowest BCUT2D eigenvalue weighted by molar-refractivity contribution is 0.0943. The maximum Gasteiger partial charge on any atom is 0.252 e. The first-order valence-electron chi connectivity index (χ1n) is 10.8. The number of amides is 1. The monoisotopic (exact) mass is 489 g/mol. The van der Waals surface area contributed by atoms with Crippen molar-refractivity contribution in [2.45, 2.75) is 6.04 Å². The lowest BCUT2D eigenvalue weighted by atomic mass is 10.0. The van der Waals surface area contributed by atoms with Crippen LogP contribution >= 0.6 is 11.6 Å². The van der Waals surface area contributed by atoms with Crippen molar-refractivity contribution >= 4 is 39.9 Å². The Bertz CT molecular complexity index is 1540. The molecule has 3 heterocycles. The number of aromatic nitrogens is 5. The molecule has 35 heavy (non-hydrogen) atoms. The molecule has 0 saturated heterocycles. The van der Waals surface area contributed by atoms with E-state index in [0.29, 0.717) is 16.9 Å². The highest BCUT2D eigenvalue weighted by atomic mass is 35.5. The molecule has 1 atom stereocenters. The van der Waals surface area contributed by atoms with Crippen LogP contribution in [0.3, 0.4) is 0 Å². The van der Waals surface area contributed by atoms with Crippen molar-refractivity contribution in [2.75, 3.05) is 5.32 Å². The topological polar surface area (TPSA) is 89.7 Å². The van der Waals surface area contributed by atoms with Crippen molar-refractivity contribution in [3.8, 4) is 0 Å². The third kappa shape index (κ3) is 4.71. The molecule has 176 valence electrons. The highest BCUT2D eigenvalue weighted by Gasteiger charge is 2.21. The van der Waals surface area contributed by atoms with Crippen LogP contribution in [0.2, 0.25) is 5.02 Å². The predicted molar refractivity (Wildman–Crippen MR) is 132 cm³/mol. The van der Waals surface area contributed by atoms with Crippen molar-refractivity contribution in [3.63, 3.8) is 0 Å². The van der Waals surface area contributed by atoms with Gasteiger partial charge in [0.2, 0.25) is 0 Å². The fraction of sp³-hybridized carbons (Fsp3) is 0.120. The quantitative estimate of drug-likeness (QED) is 0.359. The van der Waals surface area contributed by atoms with Gasteiger partial charge in [0, 0.05) is 49.1 Å². The Hall–Kier alpha value is -4.24. The Morgan fingerprint density at radius 2 is 1.86 bits per heavy atom. The number of anilines is 2. The molecule has 8 nitrogen and oxygen atoms in total. The second-order valence-electron chi connectivity index (χ2n) is 8.12. The van der Waals surface area contributed by atoms with E-state index in [1.54, 1.807) is 59.4 Å². The van der Waals surface area contributed by atoms with Gasteiger partial charge in [-0.1, -0.05) is 23.7 Å². The molecular formula is C25H21ClFN7O. The van der Waals surface area contributed by atoms with Gasteiger partial charge in [-0.05, 0) is 41.3 Å². The van der Waals surface area contributed by atoms with Crippen LogP contribution in [0.25, 0.3) is 10.8 Å². The van der Waals surface area contributed by atoms with Gasteiger partial charge in [-0.25, -0.2) is 9.37 Å². The van der Waals surface area contributed by atoms with Crippen LogP contribution < -0.4 is 10.6 Å². The first-order valence-corrected chi connectivity index (χ1v) is 11.1. The van der Waals surface area contributed by atoms with Gasteiger partial charge in [0.05, 0.1) is 23.5 Å². The molecule has 0 aliphatic carbocycles. The predicted octanol–water partition coefficient (Wildman–Crippen LogP) is 4.76. The molecule has 10 heteroatoms. The van der Waals surface area contributed by atoms with E-state index >= 15 is 0 Å². The molecule has 0 aliphatic heterocycles. The van der Waals surface area contributed by atoms with E-state index in [0.717, 1.165) is 22.2 Å². The van der Waals surface area contributed by atoms with Gasteiger partial charge < -0.3 is 10.6 Å². The molecule has 0 fully saturated rings. The number of hydrogen-bond acceptors (Lipinski definition) is 5. The summed E-state index contributed by atoms with van der Waals surface area (Å²) in [6.45, 7) is 0. The zero-order valence-electron chi connectivity index (χ0n) is 18.9. The molecule has 5 rings (SSSR count). The molecule has 0 radical (unpaired) electrons. The number of aryl methyl sites for hydroxylation is 2. The molecule has 1 amide bonds. The Morgan fingerprint density at radius 3 is 2.57 bits per heavy atom. The van der Waals surface area contributed by atoms with E-state index in [4.69, 9.17) is 11.6 Å². The van der Waals surface area contributed by atoms with Crippen LogP contribution in [0.1, 0.15) is 27.5 Å². The molecule has 3 aromatic heterocycles. The summed E-state index contributed by atoms with van der Waals surface area (Å²) >= 11 is 5.86. The average molecular weight is 490 g/mol. The van der Waals surface area contributed by atoms with Crippen molar-refractivity contribution < 1.29 is 9.18 Å². The van der Waals surface area contributed by atoms with Gasteiger partial charge >= 0.3 is 0 Å². The van der Waals surface area contributed by atoms with E-state index in [-0.39, 0.29) is 10.9 Å². The third-order valence-electron chi connectivity index (χ3n) is 5.67. The van der Waals surface area contributed by atoms with Crippen LogP contribution in [0.5, 0.6) is 0 Å². The molecule has 0 saturated carbocycles. The molecule has 0 spiro atoms. The number of fused-ring (bicyclic) bond motifs is 1. The number of nitrogens with zero attached hydrogens (tertiary/aromatic N) is 5. The zero-order valence-corrected chi connectivity index (χ0v) is 19.7. The average Bonchev–Trinajstić information content (AvgIpc) is 3.46. The van der Waals surface area contributed by atoms with Crippen LogP contribution in [0.4, 0.5) is 16.0 Å². The van der Waals surface area contributed by atoms with Crippen molar-refractivity contribution in [1.29, 1.82) is 0 Å². The number of carbonyl (C=O) groups is 1. The number of nitrogens with one attached hydrogen (secondary N) is 2. The highest BCUT2D eigenvalue weighted by Crippen LogP contribution is 2.27. The Kier molecular flexibility index (Phi) is 5.92. The zero-order chi connectivity index (χ0) is 24.5. The van der Waals surface area contributed by atoms with Gasteiger partial charge in [-0.3, -0.25) is 14.2 Å². The van der Waals surface area contributed by atoms with Gasteiger partial charge in [-0.2, -0.15) is 10.2 Å². The summed E-state index contributed by atoms with van der Waals surface area (Å²) in [5, 5.41) is 16.3. The summed E-state index contributed by atoms with van der Waals surface area (Å²) < 4.78 is 17.5. The van der Waals surface area contributed by atoms with E-state index in [9.17, 15) is 9.18 Å². The molecule has 0 aliphatic rings. The van der Waals surface area contributed by atoms with Crippen molar-refractivity contribution in [1.82, 2.24) is 29.9 Å². The Balaban J connectivity index is 1.45.